The van der Waals surface area contributed by atoms with Gasteiger partial charge in [-0.3, -0.25) is 4.79 Å². The van der Waals surface area contributed by atoms with Crippen LogP contribution in [-0.2, 0) is 11.2 Å². The molecule has 0 fully saturated rings. The standard InChI is InChI=1S/C13H15NO3/c1-8-10-4-3-9(17-2)7-12(10)14-11(8)5-6-13(15)16/h3-4,7,14H,5-6H2,1-2H3,(H,15,16). The van der Waals surface area contributed by atoms with E-state index in [-0.39, 0.29) is 6.42 Å². The lowest BCUT2D eigenvalue weighted by Gasteiger charge is -1.98. The second-order valence-electron chi connectivity index (χ2n) is 4.03. The van der Waals surface area contributed by atoms with Gasteiger partial charge < -0.3 is 14.8 Å². The molecule has 17 heavy (non-hydrogen) atoms. The molecule has 0 aliphatic rings. The number of aromatic amines is 1. The van der Waals surface area contributed by atoms with E-state index in [1.165, 1.54) is 0 Å². The fourth-order valence-electron chi connectivity index (χ4n) is 1.98. The van der Waals surface area contributed by atoms with Crippen LogP contribution in [0.15, 0.2) is 18.2 Å². The number of nitrogens with one attached hydrogen (secondary N) is 1. The second kappa shape index (κ2) is 4.49. The van der Waals surface area contributed by atoms with Crippen LogP contribution < -0.4 is 4.74 Å². The van der Waals surface area contributed by atoms with E-state index in [0.29, 0.717) is 6.42 Å². The zero-order valence-corrected chi connectivity index (χ0v) is 9.91. The van der Waals surface area contributed by atoms with E-state index in [1.807, 2.05) is 25.1 Å². The summed E-state index contributed by atoms with van der Waals surface area (Å²) >= 11 is 0. The topological polar surface area (TPSA) is 62.3 Å². The third-order valence-electron chi connectivity index (χ3n) is 2.96. The zero-order valence-electron chi connectivity index (χ0n) is 9.91. The van der Waals surface area contributed by atoms with Crippen molar-refractivity contribution in [2.45, 2.75) is 19.8 Å². The van der Waals surface area contributed by atoms with Crippen LogP contribution in [0.3, 0.4) is 0 Å². The molecule has 0 saturated carbocycles. The fourth-order valence-corrected chi connectivity index (χ4v) is 1.98. The molecular formula is C13H15NO3. The lowest BCUT2D eigenvalue weighted by molar-refractivity contribution is -0.136. The van der Waals surface area contributed by atoms with Crippen LogP contribution in [0.1, 0.15) is 17.7 Å². The Bertz CT molecular complexity index is 557. The first kappa shape index (κ1) is 11.5. The van der Waals surface area contributed by atoms with E-state index in [1.54, 1.807) is 7.11 Å². The quantitative estimate of drug-likeness (QED) is 0.852. The Morgan fingerprint density at radius 1 is 1.47 bits per heavy atom. The van der Waals surface area contributed by atoms with Crippen LogP contribution in [0.4, 0.5) is 0 Å². The van der Waals surface area contributed by atoms with Gasteiger partial charge in [-0.1, -0.05) is 0 Å². The van der Waals surface area contributed by atoms with Crippen LogP contribution in [0, 0.1) is 6.92 Å². The molecule has 0 spiro atoms. The summed E-state index contributed by atoms with van der Waals surface area (Å²) in [6.07, 6.45) is 0.670. The molecule has 0 atom stereocenters. The summed E-state index contributed by atoms with van der Waals surface area (Å²) in [7, 11) is 1.63. The fraction of sp³-hybridized carbons (Fsp3) is 0.308. The predicted octanol–water partition coefficient (Wildman–Crippen LogP) is 2.50. The van der Waals surface area contributed by atoms with Crippen molar-refractivity contribution in [1.29, 1.82) is 0 Å². The number of aryl methyl sites for hydroxylation is 2. The number of hydrogen-bond acceptors (Lipinski definition) is 2. The summed E-state index contributed by atoms with van der Waals surface area (Å²) in [5.74, 6) is 0.0178. The van der Waals surface area contributed by atoms with Crippen LogP contribution in [-0.4, -0.2) is 23.2 Å². The van der Waals surface area contributed by atoms with Crippen molar-refractivity contribution in [2.24, 2.45) is 0 Å². The smallest absolute Gasteiger partial charge is 0.303 e. The number of methoxy groups -OCH3 is 1. The number of fused-ring (bicyclic) bond motifs is 1. The normalized spacial score (nSPS) is 10.7. The predicted molar refractivity (Wildman–Crippen MR) is 65.5 cm³/mol. The molecule has 0 bridgehead atoms. The summed E-state index contributed by atoms with van der Waals surface area (Å²) in [6, 6.07) is 5.82. The monoisotopic (exact) mass is 233 g/mol. The van der Waals surface area contributed by atoms with Gasteiger partial charge in [0, 0.05) is 22.7 Å². The van der Waals surface area contributed by atoms with E-state index in [0.717, 1.165) is 27.9 Å². The summed E-state index contributed by atoms with van der Waals surface area (Å²) in [6.45, 7) is 2.00. The van der Waals surface area contributed by atoms with Gasteiger partial charge in [0.15, 0.2) is 0 Å². The number of carboxylic acid groups (broad SMARTS) is 1. The van der Waals surface area contributed by atoms with Crippen molar-refractivity contribution in [2.75, 3.05) is 7.11 Å². The average Bonchev–Trinajstić information content (AvgIpc) is 2.63. The molecule has 2 N–H and O–H groups in total. The minimum Gasteiger partial charge on any atom is -0.497 e. The number of aliphatic carboxylic acids is 1. The second-order valence-corrected chi connectivity index (χ2v) is 4.03. The zero-order chi connectivity index (χ0) is 12.4. The highest BCUT2D eigenvalue weighted by molar-refractivity contribution is 5.85. The number of benzene rings is 1. The van der Waals surface area contributed by atoms with E-state index in [2.05, 4.69) is 4.98 Å². The Hall–Kier alpha value is -1.97. The first-order valence-corrected chi connectivity index (χ1v) is 5.49. The highest BCUT2D eigenvalue weighted by Crippen LogP contribution is 2.26. The van der Waals surface area contributed by atoms with Crippen LogP contribution in [0.2, 0.25) is 0 Å². The Labute approximate surface area is 99.2 Å². The highest BCUT2D eigenvalue weighted by Gasteiger charge is 2.09. The summed E-state index contributed by atoms with van der Waals surface area (Å²) in [5, 5.41) is 9.81. The van der Waals surface area contributed by atoms with E-state index in [9.17, 15) is 4.79 Å². The van der Waals surface area contributed by atoms with Crippen LogP contribution in [0.25, 0.3) is 10.9 Å². The summed E-state index contributed by atoms with van der Waals surface area (Å²) in [4.78, 5) is 13.8. The molecule has 1 aromatic heterocycles. The van der Waals surface area contributed by atoms with E-state index < -0.39 is 5.97 Å². The molecular weight excluding hydrogens is 218 g/mol. The Kier molecular flexibility index (Phi) is 3.04. The molecule has 0 aliphatic carbocycles. The Morgan fingerprint density at radius 2 is 2.24 bits per heavy atom. The number of carbonyl (C=O) groups is 1. The molecule has 2 aromatic rings. The third kappa shape index (κ3) is 2.25. The minimum absolute atomic E-state index is 0.144. The number of hydrogen-bond donors (Lipinski definition) is 2. The van der Waals surface area contributed by atoms with Crippen LogP contribution in [0.5, 0.6) is 5.75 Å². The molecule has 2 rings (SSSR count). The van der Waals surface area contributed by atoms with Gasteiger partial charge in [-0.15, -0.1) is 0 Å². The van der Waals surface area contributed by atoms with Gasteiger partial charge in [-0.2, -0.15) is 0 Å². The minimum atomic E-state index is -0.777. The van der Waals surface area contributed by atoms with Crippen molar-refractivity contribution in [3.63, 3.8) is 0 Å². The van der Waals surface area contributed by atoms with Gasteiger partial charge in [0.2, 0.25) is 0 Å². The number of ether oxygens (including phenoxy) is 1. The highest BCUT2D eigenvalue weighted by atomic mass is 16.5. The van der Waals surface area contributed by atoms with E-state index in [4.69, 9.17) is 9.84 Å². The summed E-state index contributed by atoms with van der Waals surface area (Å²) < 4.78 is 5.16. The van der Waals surface area contributed by atoms with Gasteiger partial charge >= 0.3 is 5.97 Å². The molecule has 1 aromatic carbocycles. The van der Waals surface area contributed by atoms with Crippen molar-refractivity contribution in [3.8, 4) is 5.75 Å². The number of aromatic nitrogens is 1. The molecule has 0 amide bonds. The van der Waals surface area contributed by atoms with Crippen molar-refractivity contribution >= 4 is 16.9 Å². The SMILES string of the molecule is COc1ccc2c(C)c(CCC(=O)O)[nH]c2c1. The maximum atomic E-state index is 10.6. The number of H-pyrrole nitrogens is 1. The van der Waals surface area contributed by atoms with Gasteiger partial charge in [-0.25, -0.2) is 0 Å². The molecule has 90 valence electrons. The summed E-state index contributed by atoms with van der Waals surface area (Å²) in [5.41, 5.74) is 3.08. The maximum absolute atomic E-state index is 10.6. The van der Waals surface area contributed by atoms with Crippen molar-refractivity contribution in [3.05, 3.63) is 29.5 Å². The van der Waals surface area contributed by atoms with Gasteiger partial charge in [0.25, 0.3) is 0 Å². The van der Waals surface area contributed by atoms with Crippen molar-refractivity contribution < 1.29 is 14.6 Å². The molecule has 0 unspecified atom stereocenters. The van der Waals surface area contributed by atoms with Crippen molar-refractivity contribution in [1.82, 2.24) is 4.98 Å². The molecule has 0 saturated heterocycles. The van der Waals surface area contributed by atoms with Crippen LogP contribution >= 0.6 is 0 Å². The largest absolute Gasteiger partial charge is 0.497 e. The lowest BCUT2D eigenvalue weighted by atomic mass is 10.1. The van der Waals surface area contributed by atoms with Gasteiger partial charge in [0.05, 0.1) is 13.5 Å². The van der Waals surface area contributed by atoms with Gasteiger partial charge in [0.1, 0.15) is 5.75 Å². The Morgan fingerprint density at radius 3 is 2.88 bits per heavy atom. The molecule has 1 heterocycles. The molecule has 0 aliphatic heterocycles. The molecule has 4 nitrogen and oxygen atoms in total. The first-order valence-electron chi connectivity index (χ1n) is 5.49. The Balaban J connectivity index is 2.38. The molecule has 4 heteroatoms. The number of carboxylic acids is 1. The van der Waals surface area contributed by atoms with E-state index >= 15 is 0 Å². The lowest BCUT2D eigenvalue weighted by Crippen LogP contribution is -1.98. The first-order chi connectivity index (χ1) is 8.11. The average molecular weight is 233 g/mol. The molecule has 0 radical (unpaired) electrons. The third-order valence-corrected chi connectivity index (χ3v) is 2.96. The van der Waals surface area contributed by atoms with Gasteiger partial charge in [-0.05, 0) is 31.0 Å². The maximum Gasteiger partial charge on any atom is 0.303 e. The number of rotatable bonds is 4.